The van der Waals surface area contributed by atoms with Crippen molar-refractivity contribution in [2.24, 2.45) is 0 Å². The number of carbonyl (C=O) groups is 3. The van der Waals surface area contributed by atoms with Gasteiger partial charge in [0.05, 0.1) is 12.1 Å². The molecule has 9 nitrogen and oxygen atoms in total. The lowest BCUT2D eigenvalue weighted by molar-refractivity contribution is -0.130. The summed E-state index contributed by atoms with van der Waals surface area (Å²) in [5.74, 6) is 0.572. The molecule has 2 saturated heterocycles. The molecule has 2 fully saturated rings. The minimum atomic E-state index is -0.508. The Morgan fingerprint density at radius 1 is 1.24 bits per heavy atom. The van der Waals surface area contributed by atoms with Crippen molar-refractivity contribution >= 4 is 40.0 Å². The molecule has 2 aromatic rings. The van der Waals surface area contributed by atoms with Crippen LogP contribution in [-0.2, 0) is 20.8 Å². The standard InChI is InChI=1S/C19H22N6O3S/c26-16-5-4-14(22-16)18(28)23-19-21-13(12-29-19)11-17(27)25-9-7-24(8-10-25)15-3-1-2-6-20-15/h1-3,6,12,14H,4-5,7-11H2,(H,22,26)(H,21,23,28)/t14-/m1/s1. The van der Waals surface area contributed by atoms with Crippen LogP contribution < -0.4 is 15.5 Å². The maximum absolute atomic E-state index is 12.6. The first-order valence-electron chi connectivity index (χ1n) is 9.57. The second-order valence-electron chi connectivity index (χ2n) is 7.02. The van der Waals surface area contributed by atoms with E-state index in [0.717, 1.165) is 18.9 Å². The zero-order chi connectivity index (χ0) is 20.2. The van der Waals surface area contributed by atoms with Gasteiger partial charge in [0, 0.05) is 44.2 Å². The number of hydrogen-bond donors (Lipinski definition) is 2. The summed E-state index contributed by atoms with van der Waals surface area (Å²) in [4.78, 5) is 48.7. The smallest absolute Gasteiger partial charge is 0.248 e. The molecule has 2 aromatic heterocycles. The normalized spacial score (nSPS) is 19.2. The van der Waals surface area contributed by atoms with Crippen LogP contribution in [0.25, 0.3) is 0 Å². The number of rotatable bonds is 5. The van der Waals surface area contributed by atoms with Crippen molar-refractivity contribution in [3.05, 3.63) is 35.5 Å². The Labute approximate surface area is 172 Å². The lowest BCUT2D eigenvalue weighted by Crippen LogP contribution is -2.49. The van der Waals surface area contributed by atoms with Gasteiger partial charge >= 0.3 is 0 Å². The summed E-state index contributed by atoms with van der Waals surface area (Å²) in [6.45, 7) is 2.78. The van der Waals surface area contributed by atoms with Gasteiger partial charge in [-0.15, -0.1) is 11.3 Å². The molecule has 29 heavy (non-hydrogen) atoms. The summed E-state index contributed by atoms with van der Waals surface area (Å²) in [6.07, 6.45) is 2.83. The number of nitrogens with one attached hydrogen (secondary N) is 2. The Kier molecular flexibility index (Phi) is 5.70. The number of amides is 3. The zero-order valence-electron chi connectivity index (χ0n) is 15.8. The summed E-state index contributed by atoms with van der Waals surface area (Å²) >= 11 is 1.28. The first kappa shape index (κ1) is 19.3. The Morgan fingerprint density at radius 2 is 2.07 bits per heavy atom. The topological polar surface area (TPSA) is 108 Å². The number of carbonyl (C=O) groups excluding carboxylic acids is 3. The van der Waals surface area contributed by atoms with Gasteiger partial charge in [-0.25, -0.2) is 9.97 Å². The lowest BCUT2D eigenvalue weighted by atomic mass is 10.2. The highest BCUT2D eigenvalue weighted by Gasteiger charge is 2.28. The van der Waals surface area contributed by atoms with Crippen LogP contribution in [-0.4, -0.2) is 64.8 Å². The number of hydrogen-bond acceptors (Lipinski definition) is 7. The molecule has 0 radical (unpaired) electrons. The summed E-state index contributed by atoms with van der Waals surface area (Å²) in [7, 11) is 0. The number of piperazine rings is 1. The number of aromatic nitrogens is 2. The number of nitrogens with zero attached hydrogens (tertiary/aromatic N) is 4. The fourth-order valence-corrected chi connectivity index (χ4v) is 4.15. The highest BCUT2D eigenvalue weighted by molar-refractivity contribution is 7.13. The molecule has 2 aliphatic heterocycles. The molecule has 3 amide bonds. The van der Waals surface area contributed by atoms with Crippen molar-refractivity contribution in [3.8, 4) is 0 Å². The molecule has 2 N–H and O–H groups in total. The van der Waals surface area contributed by atoms with Gasteiger partial charge in [-0.2, -0.15) is 0 Å². The van der Waals surface area contributed by atoms with Gasteiger partial charge in [0.1, 0.15) is 11.9 Å². The van der Waals surface area contributed by atoms with E-state index in [0.29, 0.717) is 36.8 Å². The van der Waals surface area contributed by atoms with Crippen LogP contribution in [0.15, 0.2) is 29.8 Å². The predicted molar refractivity (Wildman–Crippen MR) is 109 cm³/mol. The van der Waals surface area contributed by atoms with E-state index in [1.807, 2.05) is 23.1 Å². The third kappa shape index (κ3) is 4.70. The maximum atomic E-state index is 12.6. The van der Waals surface area contributed by atoms with E-state index < -0.39 is 6.04 Å². The van der Waals surface area contributed by atoms with Crippen molar-refractivity contribution in [2.75, 3.05) is 36.4 Å². The summed E-state index contributed by atoms with van der Waals surface area (Å²) < 4.78 is 0. The van der Waals surface area contributed by atoms with Crippen LogP contribution in [0.5, 0.6) is 0 Å². The second-order valence-corrected chi connectivity index (χ2v) is 7.88. The van der Waals surface area contributed by atoms with Crippen LogP contribution in [0.1, 0.15) is 18.5 Å². The van der Waals surface area contributed by atoms with Gasteiger partial charge in [-0.1, -0.05) is 6.07 Å². The molecule has 0 saturated carbocycles. The highest BCUT2D eigenvalue weighted by atomic mass is 32.1. The average molecular weight is 414 g/mol. The Morgan fingerprint density at radius 3 is 2.76 bits per heavy atom. The zero-order valence-corrected chi connectivity index (χ0v) is 16.7. The molecule has 0 spiro atoms. The van der Waals surface area contributed by atoms with E-state index in [2.05, 4.69) is 25.5 Å². The van der Waals surface area contributed by atoms with E-state index in [1.165, 1.54) is 11.3 Å². The van der Waals surface area contributed by atoms with Crippen molar-refractivity contribution in [1.29, 1.82) is 0 Å². The molecule has 10 heteroatoms. The van der Waals surface area contributed by atoms with E-state index in [-0.39, 0.29) is 24.1 Å². The van der Waals surface area contributed by atoms with Crippen molar-refractivity contribution in [2.45, 2.75) is 25.3 Å². The second kappa shape index (κ2) is 8.56. The van der Waals surface area contributed by atoms with Crippen LogP contribution in [0.3, 0.4) is 0 Å². The molecule has 0 aromatic carbocycles. The summed E-state index contributed by atoms with van der Waals surface area (Å²) in [6, 6.07) is 5.31. The summed E-state index contributed by atoms with van der Waals surface area (Å²) in [5.41, 5.74) is 0.637. The Hall–Kier alpha value is -3.01. The highest BCUT2D eigenvalue weighted by Crippen LogP contribution is 2.19. The van der Waals surface area contributed by atoms with Gasteiger partial charge in [-0.05, 0) is 18.6 Å². The van der Waals surface area contributed by atoms with Crippen LogP contribution >= 0.6 is 11.3 Å². The molecule has 2 aliphatic rings. The molecule has 152 valence electrons. The molecule has 1 atom stereocenters. The van der Waals surface area contributed by atoms with Gasteiger partial charge in [0.15, 0.2) is 5.13 Å². The molecule has 0 bridgehead atoms. The van der Waals surface area contributed by atoms with Crippen molar-refractivity contribution in [1.82, 2.24) is 20.2 Å². The monoisotopic (exact) mass is 414 g/mol. The fraction of sp³-hybridized carbons (Fsp3) is 0.421. The van der Waals surface area contributed by atoms with Crippen molar-refractivity contribution in [3.63, 3.8) is 0 Å². The Bertz CT molecular complexity index is 894. The first-order chi connectivity index (χ1) is 14.1. The minimum absolute atomic E-state index is 0.0249. The van der Waals surface area contributed by atoms with Crippen LogP contribution in [0.2, 0.25) is 0 Å². The van der Waals surface area contributed by atoms with E-state index in [9.17, 15) is 14.4 Å². The Balaban J connectivity index is 1.26. The van der Waals surface area contributed by atoms with Gasteiger partial charge < -0.3 is 20.4 Å². The van der Waals surface area contributed by atoms with Gasteiger partial charge in [-0.3, -0.25) is 14.4 Å². The third-order valence-electron chi connectivity index (χ3n) is 5.03. The molecular weight excluding hydrogens is 392 g/mol. The van der Waals surface area contributed by atoms with Crippen LogP contribution in [0, 0.1) is 0 Å². The quantitative estimate of drug-likeness (QED) is 0.744. The number of pyridine rings is 1. The van der Waals surface area contributed by atoms with Crippen molar-refractivity contribution < 1.29 is 14.4 Å². The molecule has 0 aliphatic carbocycles. The molecule has 0 unspecified atom stereocenters. The van der Waals surface area contributed by atoms with Gasteiger partial charge in [0.25, 0.3) is 0 Å². The average Bonchev–Trinajstić information content (AvgIpc) is 3.37. The number of anilines is 2. The maximum Gasteiger partial charge on any atom is 0.248 e. The third-order valence-corrected chi connectivity index (χ3v) is 5.84. The van der Waals surface area contributed by atoms with Crippen LogP contribution in [0.4, 0.5) is 10.9 Å². The number of thiazole rings is 1. The van der Waals surface area contributed by atoms with E-state index in [4.69, 9.17) is 0 Å². The lowest BCUT2D eigenvalue weighted by Gasteiger charge is -2.35. The SMILES string of the molecule is O=C1CC[C@H](C(=O)Nc2nc(CC(=O)N3CCN(c4ccccn4)CC3)cs2)N1. The van der Waals surface area contributed by atoms with Gasteiger partial charge in [0.2, 0.25) is 17.7 Å². The van der Waals surface area contributed by atoms with E-state index >= 15 is 0 Å². The summed E-state index contributed by atoms with van der Waals surface area (Å²) in [5, 5.41) is 7.57. The molecular formula is C19H22N6O3S. The first-order valence-corrected chi connectivity index (χ1v) is 10.4. The largest absolute Gasteiger partial charge is 0.353 e. The predicted octanol–water partition coefficient (Wildman–Crippen LogP) is 0.646. The molecule has 4 heterocycles. The minimum Gasteiger partial charge on any atom is -0.353 e. The van der Waals surface area contributed by atoms with E-state index in [1.54, 1.807) is 11.6 Å². The molecule has 4 rings (SSSR count). The fourth-order valence-electron chi connectivity index (χ4n) is 3.44.